The molecule has 0 bridgehead atoms. The Morgan fingerprint density at radius 3 is 2.55 bits per heavy atom. The predicted molar refractivity (Wildman–Crippen MR) is 75.1 cm³/mol. The van der Waals surface area contributed by atoms with Gasteiger partial charge in [-0.05, 0) is 32.2 Å². The Labute approximate surface area is 119 Å². The number of hydrogen-bond acceptors (Lipinski definition) is 4. The molecule has 1 amide bonds. The van der Waals surface area contributed by atoms with Gasteiger partial charge in [0.05, 0.1) is 5.92 Å². The second kappa shape index (κ2) is 9.72. The number of aliphatic hydroxyl groups excluding tert-OH is 1. The van der Waals surface area contributed by atoms with Gasteiger partial charge >= 0.3 is 5.97 Å². The van der Waals surface area contributed by atoms with Gasteiger partial charge in [0.2, 0.25) is 5.91 Å². The topological polar surface area (TPSA) is 98.7 Å². The minimum absolute atomic E-state index is 0.0735. The number of carbonyl (C=O) groups is 2. The maximum absolute atomic E-state index is 11.8. The Bertz CT molecular complexity index is 310. The number of unbranched alkanes of at least 4 members (excludes halogenated alkanes) is 4. The van der Waals surface area contributed by atoms with E-state index in [1.807, 2.05) is 0 Å². The Hall–Kier alpha value is -1.14. The van der Waals surface area contributed by atoms with E-state index in [2.05, 4.69) is 10.6 Å². The van der Waals surface area contributed by atoms with Gasteiger partial charge in [-0.3, -0.25) is 14.9 Å². The molecule has 0 aromatic carbocycles. The summed E-state index contributed by atoms with van der Waals surface area (Å²) in [6.45, 7) is 1.39. The molecular weight excluding hydrogens is 260 g/mol. The van der Waals surface area contributed by atoms with Crippen LogP contribution in [-0.2, 0) is 9.59 Å². The smallest absolute Gasteiger partial charge is 0.303 e. The molecule has 1 rings (SSSR count). The highest BCUT2D eigenvalue weighted by atomic mass is 16.4. The standard InChI is InChI=1S/C14H26N2O4/c17-12(18)8-4-2-1-3-5-9-15-13(19)11-7-6-10-16-14(11)20/h11,14,16,20H,1-10H2,(H,15,19)(H,17,18). The fourth-order valence-corrected chi connectivity index (χ4v) is 2.42. The fraction of sp³-hybridized carbons (Fsp3) is 0.857. The largest absolute Gasteiger partial charge is 0.481 e. The summed E-state index contributed by atoms with van der Waals surface area (Å²) in [5, 5.41) is 23.9. The highest BCUT2D eigenvalue weighted by Crippen LogP contribution is 2.14. The molecule has 1 fully saturated rings. The molecule has 0 aromatic rings. The Morgan fingerprint density at radius 1 is 1.15 bits per heavy atom. The van der Waals surface area contributed by atoms with Gasteiger partial charge in [0.15, 0.2) is 0 Å². The molecule has 0 saturated carbocycles. The van der Waals surface area contributed by atoms with Gasteiger partial charge in [0, 0.05) is 13.0 Å². The summed E-state index contributed by atoms with van der Waals surface area (Å²) in [6.07, 6.45) is 5.70. The van der Waals surface area contributed by atoms with E-state index in [0.717, 1.165) is 51.5 Å². The summed E-state index contributed by atoms with van der Waals surface area (Å²) in [4.78, 5) is 22.2. The Kier molecular flexibility index (Phi) is 8.22. The SMILES string of the molecule is O=C(O)CCCCCCCNC(=O)C1CCCNC1O. The molecule has 0 aliphatic carbocycles. The Balaban J connectivity index is 1.98. The lowest BCUT2D eigenvalue weighted by atomic mass is 9.96. The molecule has 1 heterocycles. The van der Waals surface area contributed by atoms with Crippen LogP contribution in [0.15, 0.2) is 0 Å². The first-order chi connectivity index (χ1) is 9.61. The van der Waals surface area contributed by atoms with Gasteiger partial charge in [-0.1, -0.05) is 19.3 Å². The number of aliphatic carboxylic acids is 1. The van der Waals surface area contributed by atoms with Gasteiger partial charge in [-0.15, -0.1) is 0 Å². The summed E-state index contributed by atoms with van der Waals surface area (Å²) in [6, 6.07) is 0. The number of nitrogens with one attached hydrogen (secondary N) is 2. The van der Waals surface area contributed by atoms with Crippen LogP contribution in [0.2, 0.25) is 0 Å². The van der Waals surface area contributed by atoms with Gasteiger partial charge in [-0.2, -0.15) is 0 Å². The van der Waals surface area contributed by atoms with Crippen molar-refractivity contribution in [1.82, 2.24) is 10.6 Å². The molecule has 20 heavy (non-hydrogen) atoms. The number of hydrogen-bond donors (Lipinski definition) is 4. The van der Waals surface area contributed by atoms with Gasteiger partial charge in [-0.25, -0.2) is 0 Å². The molecule has 2 unspecified atom stereocenters. The highest BCUT2D eigenvalue weighted by Gasteiger charge is 2.28. The number of aliphatic hydroxyl groups is 1. The molecule has 1 aliphatic heterocycles. The highest BCUT2D eigenvalue weighted by molar-refractivity contribution is 5.79. The van der Waals surface area contributed by atoms with Crippen molar-refractivity contribution in [3.05, 3.63) is 0 Å². The third kappa shape index (κ3) is 6.86. The monoisotopic (exact) mass is 286 g/mol. The number of carbonyl (C=O) groups excluding carboxylic acids is 1. The second-order valence-electron chi connectivity index (χ2n) is 5.35. The maximum Gasteiger partial charge on any atom is 0.303 e. The zero-order valence-electron chi connectivity index (χ0n) is 11.9. The normalized spacial score (nSPS) is 22.4. The zero-order chi connectivity index (χ0) is 14.8. The lowest BCUT2D eigenvalue weighted by molar-refractivity contribution is -0.137. The van der Waals surface area contributed by atoms with Gasteiger partial charge in [0.25, 0.3) is 0 Å². The fourth-order valence-electron chi connectivity index (χ4n) is 2.42. The summed E-state index contributed by atoms with van der Waals surface area (Å²) >= 11 is 0. The van der Waals surface area contributed by atoms with E-state index < -0.39 is 12.2 Å². The summed E-state index contributed by atoms with van der Waals surface area (Å²) in [5.74, 6) is -1.15. The lowest BCUT2D eigenvalue weighted by Crippen LogP contribution is -2.48. The average molecular weight is 286 g/mol. The predicted octanol–water partition coefficient (Wildman–Crippen LogP) is 0.846. The molecule has 4 N–H and O–H groups in total. The minimum Gasteiger partial charge on any atom is -0.481 e. The van der Waals surface area contributed by atoms with Crippen molar-refractivity contribution in [2.75, 3.05) is 13.1 Å². The summed E-state index contributed by atoms with van der Waals surface area (Å²) in [5.41, 5.74) is 0. The maximum atomic E-state index is 11.8. The molecule has 0 aromatic heterocycles. The van der Waals surface area contributed by atoms with E-state index >= 15 is 0 Å². The second-order valence-corrected chi connectivity index (χ2v) is 5.35. The summed E-state index contributed by atoms with van der Waals surface area (Å²) < 4.78 is 0. The van der Waals surface area contributed by atoms with E-state index in [4.69, 9.17) is 5.11 Å². The average Bonchev–Trinajstić information content (AvgIpc) is 2.41. The van der Waals surface area contributed by atoms with Crippen LogP contribution >= 0.6 is 0 Å². The first-order valence-electron chi connectivity index (χ1n) is 7.52. The molecule has 1 saturated heterocycles. The van der Waals surface area contributed by atoms with Crippen LogP contribution in [0.25, 0.3) is 0 Å². The first kappa shape index (κ1) is 16.9. The minimum atomic E-state index is -0.739. The van der Waals surface area contributed by atoms with Crippen molar-refractivity contribution in [3.63, 3.8) is 0 Å². The van der Waals surface area contributed by atoms with Crippen molar-refractivity contribution in [3.8, 4) is 0 Å². The molecule has 2 atom stereocenters. The summed E-state index contributed by atoms with van der Waals surface area (Å²) in [7, 11) is 0. The van der Waals surface area contributed by atoms with Crippen molar-refractivity contribution >= 4 is 11.9 Å². The van der Waals surface area contributed by atoms with E-state index in [9.17, 15) is 14.7 Å². The van der Waals surface area contributed by atoms with Crippen molar-refractivity contribution in [2.24, 2.45) is 5.92 Å². The van der Waals surface area contributed by atoms with Crippen molar-refractivity contribution < 1.29 is 19.8 Å². The number of rotatable bonds is 9. The molecule has 116 valence electrons. The third-order valence-corrected chi connectivity index (χ3v) is 3.63. The van der Waals surface area contributed by atoms with Crippen molar-refractivity contribution in [2.45, 2.75) is 57.6 Å². The molecule has 0 radical (unpaired) electrons. The molecule has 6 nitrogen and oxygen atoms in total. The van der Waals surface area contributed by atoms with E-state index in [-0.39, 0.29) is 18.2 Å². The first-order valence-corrected chi connectivity index (χ1v) is 7.52. The lowest BCUT2D eigenvalue weighted by Gasteiger charge is -2.27. The van der Waals surface area contributed by atoms with Crippen LogP contribution in [0, 0.1) is 5.92 Å². The molecular formula is C14H26N2O4. The molecule has 1 aliphatic rings. The quantitative estimate of drug-likeness (QED) is 0.471. The van der Waals surface area contributed by atoms with Crippen molar-refractivity contribution in [1.29, 1.82) is 0 Å². The number of amides is 1. The number of carboxylic acids is 1. The van der Waals surface area contributed by atoms with Crippen LogP contribution in [0.5, 0.6) is 0 Å². The van der Waals surface area contributed by atoms with Crippen LogP contribution in [-0.4, -0.2) is 41.4 Å². The van der Waals surface area contributed by atoms with E-state index in [1.165, 1.54) is 0 Å². The number of carboxylic acid groups (broad SMARTS) is 1. The molecule has 6 heteroatoms. The van der Waals surface area contributed by atoms with Crippen LogP contribution in [0.3, 0.4) is 0 Å². The third-order valence-electron chi connectivity index (χ3n) is 3.63. The molecule has 0 spiro atoms. The number of piperidine rings is 1. The Morgan fingerprint density at radius 2 is 1.85 bits per heavy atom. The van der Waals surface area contributed by atoms with Crippen LogP contribution < -0.4 is 10.6 Å². The van der Waals surface area contributed by atoms with E-state index in [1.54, 1.807) is 0 Å². The van der Waals surface area contributed by atoms with Gasteiger partial charge in [0.1, 0.15) is 6.23 Å². The van der Waals surface area contributed by atoms with Gasteiger partial charge < -0.3 is 15.5 Å². The van der Waals surface area contributed by atoms with Crippen LogP contribution in [0.1, 0.15) is 51.4 Å². The van der Waals surface area contributed by atoms with Crippen LogP contribution in [0.4, 0.5) is 0 Å². The van der Waals surface area contributed by atoms with E-state index in [0.29, 0.717) is 6.54 Å². The zero-order valence-corrected chi connectivity index (χ0v) is 11.9.